The van der Waals surface area contributed by atoms with Gasteiger partial charge in [0.05, 0.1) is 0 Å². The number of hydrogen-bond acceptors (Lipinski definition) is 0. The van der Waals surface area contributed by atoms with Crippen molar-refractivity contribution in [3.05, 3.63) is 49.1 Å². The summed E-state index contributed by atoms with van der Waals surface area (Å²) in [5, 5.41) is 0. The number of rotatable bonds is 28. The molecule has 0 N–H and O–H groups in total. The maximum Gasteiger partial charge on any atom is -0.0282 e. The molecule has 0 nitrogen and oxygen atoms in total. The van der Waals surface area contributed by atoms with Crippen LogP contribution in [0.2, 0.25) is 0 Å². The zero-order valence-electron chi connectivity index (χ0n) is 23.5. The fourth-order valence-electron chi connectivity index (χ4n) is 4.64. The Hall–Kier alpha value is -1.04. The van der Waals surface area contributed by atoms with E-state index in [9.17, 15) is 0 Å². The number of allylic oxidation sites excluding steroid dienone is 6. The number of unbranched alkanes of at least 4 members (excludes halogenated alkanes) is 21. The summed E-state index contributed by atoms with van der Waals surface area (Å²) in [5.41, 5.74) is 1.60. The summed E-state index contributed by atoms with van der Waals surface area (Å²) >= 11 is 0. The third-order valence-electron chi connectivity index (χ3n) is 6.95. The Kier molecular flexibility index (Phi) is 29.1. The van der Waals surface area contributed by atoms with E-state index in [1.54, 1.807) is 5.57 Å². The van der Waals surface area contributed by atoms with Gasteiger partial charge in [-0.15, -0.1) is 13.2 Å². The SMILES string of the molecule is C=CCCCCC=CC(=CCCCCCCCCCCCCCC)CCCCCCCCC=C. The zero-order chi connectivity index (χ0) is 24.8. The number of hydrogen-bond donors (Lipinski definition) is 0. The lowest BCUT2D eigenvalue weighted by molar-refractivity contribution is 0.544. The molecule has 0 amide bonds. The second-order valence-electron chi connectivity index (χ2n) is 10.4. The standard InChI is InChI=1S/C34H62/c1-4-7-10-13-16-18-19-20-21-22-24-27-30-33-34(31-28-25-15-12-9-6-3)32-29-26-23-17-14-11-8-5-2/h5-6,28,31,33H,2-4,7-27,29-30,32H2,1H3. The molecule has 0 radical (unpaired) electrons. The fraction of sp³-hybridized carbons (Fsp3) is 0.765. The maximum absolute atomic E-state index is 3.83. The van der Waals surface area contributed by atoms with Gasteiger partial charge >= 0.3 is 0 Å². The van der Waals surface area contributed by atoms with Crippen molar-refractivity contribution in [2.75, 3.05) is 0 Å². The summed E-state index contributed by atoms with van der Waals surface area (Å²) in [7, 11) is 0. The Balaban J connectivity index is 3.95. The lowest BCUT2D eigenvalue weighted by Crippen LogP contribution is -1.85. The van der Waals surface area contributed by atoms with Crippen LogP contribution in [0, 0.1) is 0 Å². The molecule has 0 unspecified atom stereocenters. The molecule has 0 atom stereocenters. The van der Waals surface area contributed by atoms with Crippen LogP contribution in [0.4, 0.5) is 0 Å². The molecular weight excluding hydrogens is 408 g/mol. The first-order valence-electron chi connectivity index (χ1n) is 15.4. The van der Waals surface area contributed by atoms with Gasteiger partial charge in [0, 0.05) is 0 Å². The quantitative estimate of drug-likeness (QED) is 0.0605. The Morgan fingerprint density at radius 1 is 0.471 bits per heavy atom. The Labute approximate surface area is 216 Å². The van der Waals surface area contributed by atoms with Crippen LogP contribution in [-0.4, -0.2) is 0 Å². The van der Waals surface area contributed by atoms with Crippen molar-refractivity contribution in [3.8, 4) is 0 Å². The minimum atomic E-state index is 1.16. The largest absolute Gasteiger partial charge is 0.103 e. The molecule has 0 rings (SSSR count). The van der Waals surface area contributed by atoms with Gasteiger partial charge in [-0.3, -0.25) is 0 Å². The van der Waals surface area contributed by atoms with E-state index in [0.717, 1.165) is 6.42 Å². The van der Waals surface area contributed by atoms with Gasteiger partial charge in [-0.1, -0.05) is 139 Å². The normalized spacial score (nSPS) is 12.0. The zero-order valence-corrected chi connectivity index (χ0v) is 23.5. The first-order valence-corrected chi connectivity index (χ1v) is 15.4. The fourth-order valence-corrected chi connectivity index (χ4v) is 4.64. The first-order chi connectivity index (χ1) is 16.8. The molecule has 0 aliphatic heterocycles. The second kappa shape index (κ2) is 30.0. The van der Waals surface area contributed by atoms with Crippen LogP contribution < -0.4 is 0 Å². The molecule has 0 spiro atoms. The molecule has 0 heteroatoms. The molecule has 0 bridgehead atoms. The van der Waals surface area contributed by atoms with Crippen molar-refractivity contribution >= 4 is 0 Å². The van der Waals surface area contributed by atoms with E-state index in [-0.39, 0.29) is 0 Å². The van der Waals surface area contributed by atoms with Gasteiger partial charge < -0.3 is 0 Å². The van der Waals surface area contributed by atoms with Gasteiger partial charge in [-0.2, -0.15) is 0 Å². The van der Waals surface area contributed by atoms with Crippen LogP contribution in [-0.2, 0) is 0 Å². The van der Waals surface area contributed by atoms with Gasteiger partial charge in [0.15, 0.2) is 0 Å². The predicted molar refractivity (Wildman–Crippen MR) is 159 cm³/mol. The predicted octanol–water partition coefficient (Wildman–Crippen LogP) is 12.6. The van der Waals surface area contributed by atoms with Crippen LogP contribution in [0.5, 0.6) is 0 Å². The second-order valence-corrected chi connectivity index (χ2v) is 10.4. The molecule has 0 fully saturated rings. The van der Waals surface area contributed by atoms with E-state index in [4.69, 9.17) is 0 Å². The Bertz CT molecular complexity index is 466. The molecule has 0 aliphatic rings. The average molecular weight is 471 g/mol. The molecule has 0 saturated carbocycles. The van der Waals surface area contributed by atoms with Crippen molar-refractivity contribution in [3.63, 3.8) is 0 Å². The summed E-state index contributed by atoms with van der Waals surface area (Å²) in [6.45, 7) is 9.95. The molecule has 0 aromatic heterocycles. The van der Waals surface area contributed by atoms with Gasteiger partial charge in [-0.05, 0) is 64.2 Å². The lowest BCUT2D eigenvalue weighted by atomic mass is 10.0. The highest BCUT2D eigenvalue weighted by molar-refractivity contribution is 5.18. The van der Waals surface area contributed by atoms with E-state index in [1.807, 2.05) is 6.08 Å². The van der Waals surface area contributed by atoms with E-state index in [1.165, 1.54) is 154 Å². The van der Waals surface area contributed by atoms with Crippen molar-refractivity contribution < 1.29 is 0 Å². The summed E-state index contributed by atoms with van der Waals surface area (Å²) in [6.07, 6.45) is 45.6. The van der Waals surface area contributed by atoms with E-state index >= 15 is 0 Å². The molecule has 0 heterocycles. The van der Waals surface area contributed by atoms with Gasteiger partial charge in [0.2, 0.25) is 0 Å². The summed E-state index contributed by atoms with van der Waals surface area (Å²) in [4.78, 5) is 0. The van der Waals surface area contributed by atoms with Crippen molar-refractivity contribution in [1.82, 2.24) is 0 Å². The Morgan fingerprint density at radius 2 is 0.882 bits per heavy atom. The van der Waals surface area contributed by atoms with Crippen LogP contribution in [0.25, 0.3) is 0 Å². The van der Waals surface area contributed by atoms with Gasteiger partial charge in [0.25, 0.3) is 0 Å². The first kappa shape index (κ1) is 33.0. The Morgan fingerprint density at radius 3 is 1.41 bits per heavy atom. The van der Waals surface area contributed by atoms with E-state index < -0.39 is 0 Å². The van der Waals surface area contributed by atoms with E-state index in [2.05, 4.69) is 44.4 Å². The highest BCUT2D eigenvalue weighted by Gasteiger charge is 1.97. The van der Waals surface area contributed by atoms with E-state index in [0.29, 0.717) is 0 Å². The molecule has 34 heavy (non-hydrogen) atoms. The molecule has 0 aliphatic carbocycles. The van der Waals surface area contributed by atoms with Crippen molar-refractivity contribution in [2.45, 2.75) is 167 Å². The molecule has 198 valence electrons. The third kappa shape index (κ3) is 27.2. The highest BCUT2D eigenvalue weighted by atomic mass is 14.0. The average Bonchev–Trinajstić information content (AvgIpc) is 2.85. The molecule has 0 aromatic carbocycles. The monoisotopic (exact) mass is 470 g/mol. The summed E-state index contributed by atoms with van der Waals surface area (Å²) in [5.74, 6) is 0. The topological polar surface area (TPSA) is 0 Å². The van der Waals surface area contributed by atoms with Crippen molar-refractivity contribution in [2.24, 2.45) is 0 Å². The van der Waals surface area contributed by atoms with Crippen LogP contribution >= 0.6 is 0 Å². The minimum Gasteiger partial charge on any atom is -0.103 e. The highest BCUT2D eigenvalue weighted by Crippen LogP contribution is 2.17. The molecular formula is C34H62. The maximum atomic E-state index is 3.83. The summed E-state index contributed by atoms with van der Waals surface area (Å²) in [6, 6.07) is 0. The van der Waals surface area contributed by atoms with Crippen LogP contribution in [0.15, 0.2) is 49.1 Å². The van der Waals surface area contributed by atoms with Crippen LogP contribution in [0.3, 0.4) is 0 Å². The van der Waals surface area contributed by atoms with Gasteiger partial charge in [0.1, 0.15) is 0 Å². The third-order valence-corrected chi connectivity index (χ3v) is 6.95. The smallest absolute Gasteiger partial charge is 0.0282 e. The minimum absolute atomic E-state index is 1.16. The van der Waals surface area contributed by atoms with Crippen molar-refractivity contribution in [1.29, 1.82) is 0 Å². The lowest BCUT2D eigenvalue weighted by Gasteiger charge is -2.05. The van der Waals surface area contributed by atoms with Crippen LogP contribution in [0.1, 0.15) is 167 Å². The molecule has 0 aromatic rings. The molecule has 0 saturated heterocycles. The van der Waals surface area contributed by atoms with Gasteiger partial charge in [-0.25, -0.2) is 0 Å². The summed E-state index contributed by atoms with van der Waals surface area (Å²) < 4.78 is 0.